The van der Waals surface area contributed by atoms with Gasteiger partial charge in [0.05, 0.1) is 6.10 Å². The van der Waals surface area contributed by atoms with Gasteiger partial charge in [-0.05, 0) is 6.92 Å². The molecule has 2 N–H and O–H groups in total. The van der Waals surface area contributed by atoms with Crippen LogP contribution in [0.15, 0.2) is 0 Å². The van der Waals surface area contributed by atoms with E-state index in [0.717, 1.165) is 0 Å². The van der Waals surface area contributed by atoms with Crippen molar-refractivity contribution in [2.24, 2.45) is 0 Å². The molecule has 0 aliphatic rings. The molecule has 0 fully saturated rings. The molecule has 0 heterocycles. The summed E-state index contributed by atoms with van der Waals surface area (Å²) < 4.78 is 0. The highest BCUT2D eigenvalue weighted by atomic mass is 16.6. The Morgan fingerprint density at radius 3 is 1.90 bits per heavy atom. The summed E-state index contributed by atoms with van der Waals surface area (Å²) in [6, 6.07) is -1.11. The molecule has 0 aromatic heterocycles. The van der Waals surface area contributed by atoms with Crippen LogP contribution in [-0.4, -0.2) is 33.4 Å². The predicted octanol–water partition coefficient (Wildman–Crippen LogP) is -0.607. The first-order valence-corrected chi connectivity index (χ1v) is 2.96. The molecule has 5 heteroatoms. The van der Waals surface area contributed by atoms with Gasteiger partial charge in [-0.2, -0.15) is 0 Å². The van der Waals surface area contributed by atoms with Crippen LogP contribution in [0.4, 0.5) is 0 Å². The molecule has 5 nitrogen and oxygen atoms in total. The van der Waals surface area contributed by atoms with Crippen LogP contribution in [-0.2, 0) is 0 Å². The molecule has 3 atom stereocenters. The number of rotatable bonds is 3. The van der Waals surface area contributed by atoms with Crippen molar-refractivity contribution in [3.8, 4) is 0 Å². The molecule has 0 saturated heterocycles. The predicted molar refractivity (Wildman–Crippen MR) is 34.1 cm³/mol. The highest BCUT2D eigenvalue weighted by molar-refractivity contribution is 4.67. The first-order valence-electron chi connectivity index (χ1n) is 2.96. The van der Waals surface area contributed by atoms with Gasteiger partial charge in [-0.1, -0.05) is 0 Å². The van der Waals surface area contributed by atoms with Crippen molar-refractivity contribution in [2.45, 2.75) is 32.1 Å². The van der Waals surface area contributed by atoms with Crippen LogP contribution in [0, 0.1) is 10.1 Å². The normalized spacial score (nSPS) is 19.6. The van der Waals surface area contributed by atoms with E-state index in [1.807, 2.05) is 0 Å². The smallest absolute Gasteiger partial charge is 0.238 e. The zero-order valence-corrected chi connectivity index (χ0v) is 5.89. The van der Waals surface area contributed by atoms with Crippen LogP contribution >= 0.6 is 0 Å². The van der Waals surface area contributed by atoms with Crippen molar-refractivity contribution in [2.75, 3.05) is 0 Å². The Labute approximate surface area is 58.4 Å². The number of hydrogen-bond acceptors (Lipinski definition) is 4. The topological polar surface area (TPSA) is 83.6 Å². The van der Waals surface area contributed by atoms with E-state index in [1.165, 1.54) is 13.8 Å². The number of nitrogens with zero attached hydrogens (tertiary/aromatic N) is 1. The molecule has 0 rings (SSSR count). The van der Waals surface area contributed by atoms with Gasteiger partial charge in [-0.3, -0.25) is 10.1 Å². The van der Waals surface area contributed by atoms with Gasteiger partial charge in [0.2, 0.25) is 6.04 Å². The van der Waals surface area contributed by atoms with Gasteiger partial charge in [0.25, 0.3) is 0 Å². The lowest BCUT2D eigenvalue weighted by Gasteiger charge is -2.13. The molecule has 0 aliphatic carbocycles. The van der Waals surface area contributed by atoms with Crippen molar-refractivity contribution < 1.29 is 15.1 Å². The van der Waals surface area contributed by atoms with Crippen molar-refractivity contribution in [1.82, 2.24) is 0 Å². The van der Waals surface area contributed by atoms with Crippen LogP contribution in [0.2, 0.25) is 0 Å². The van der Waals surface area contributed by atoms with Crippen LogP contribution in [0.1, 0.15) is 13.8 Å². The van der Waals surface area contributed by atoms with Gasteiger partial charge in [0.1, 0.15) is 6.10 Å². The van der Waals surface area contributed by atoms with Gasteiger partial charge >= 0.3 is 0 Å². The lowest BCUT2D eigenvalue weighted by atomic mass is 10.1. The molecular formula is C5H11NO4. The molecule has 0 amide bonds. The number of aliphatic hydroxyl groups is 2. The second-order valence-corrected chi connectivity index (χ2v) is 2.26. The Kier molecular flexibility index (Phi) is 3.24. The summed E-state index contributed by atoms with van der Waals surface area (Å²) in [5, 5.41) is 27.5. The largest absolute Gasteiger partial charge is 0.390 e. The van der Waals surface area contributed by atoms with E-state index in [2.05, 4.69) is 0 Å². The van der Waals surface area contributed by atoms with Crippen molar-refractivity contribution in [3.63, 3.8) is 0 Å². The average molecular weight is 149 g/mol. The number of nitro groups is 1. The Balaban J connectivity index is 3.94. The first kappa shape index (κ1) is 9.32. The Morgan fingerprint density at radius 2 is 1.80 bits per heavy atom. The molecule has 0 aromatic rings. The zero-order valence-electron chi connectivity index (χ0n) is 5.89. The fourth-order valence-electron chi connectivity index (χ4n) is 0.528. The van der Waals surface area contributed by atoms with Crippen molar-refractivity contribution >= 4 is 0 Å². The van der Waals surface area contributed by atoms with Crippen LogP contribution in [0.3, 0.4) is 0 Å². The van der Waals surface area contributed by atoms with Crippen LogP contribution in [0.5, 0.6) is 0 Å². The minimum atomic E-state index is -1.28. The van der Waals surface area contributed by atoms with E-state index >= 15 is 0 Å². The van der Waals surface area contributed by atoms with E-state index in [-0.39, 0.29) is 0 Å². The summed E-state index contributed by atoms with van der Waals surface area (Å²) in [4.78, 5) is 9.35. The van der Waals surface area contributed by atoms with Gasteiger partial charge < -0.3 is 10.2 Å². The highest BCUT2D eigenvalue weighted by Crippen LogP contribution is 2.01. The first-order chi connectivity index (χ1) is 4.46. The van der Waals surface area contributed by atoms with Gasteiger partial charge in [-0.25, -0.2) is 0 Å². The standard InChI is InChI=1S/C5H11NO4/c1-3(6(9)10)5(8)4(2)7/h3-5,7-8H,1-2H3. The Bertz CT molecular complexity index is 125. The maximum absolute atomic E-state index is 9.98. The SMILES string of the molecule is CC(O)C(O)C(C)[N+](=O)[O-]. The van der Waals surface area contributed by atoms with Gasteiger partial charge in [0, 0.05) is 11.8 Å². The summed E-state index contributed by atoms with van der Waals surface area (Å²) in [6.07, 6.45) is -2.34. The second kappa shape index (κ2) is 3.48. The lowest BCUT2D eigenvalue weighted by Crippen LogP contribution is -2.38. The van der Waals surface area contributed by atoms with E-state index < -0.39 is 23.2 Å². The summed E-state index contributed by atoms with van der Waals surface area (Å²) in [6.45, 7) is 2.56. The summed E-state index contributed by atoms with van der Waals surface area (Å²) in [5.74, 6) is 0. The molecule has 0 aliphatic heterocycles. The molecular weight excluding hydrogens is 138 g/mol. The lowest BCUT2D eigenvalue weighted by molar-refractivity contribution is -0.532. The molecule has 0 radical (unpaired) electrons. The number of aliphatic hydroxyl groups excluding tert-OH is 2. The summed E-state index contributed by atoms with van der Waals surface area (Å²) in [5.41, 5.74) is 0. The summed E-state index contributed by atoms with van der Waals surface area (Å²) in [7, 11) is 0. The zero-order chi connectivity index (χ0) is 8.31. The molecule has 0 saturated carbocycles. The minimum Gasteiger partial charge on any atom is -0.390 e. The maximum atomic E-state index is 9.98. The average Bonchev–Trinajstić information content (AvgIpc) is 1.84. The van der Waals surface area contributed by atoms with Crippen LogP contribution < -0.4 is 0 Å². The van der Waals surface area contributed by atoms with Gasteiger partial charge in [0.15, 0.2) is 0 Å². The van der Waals surface area contributed by atoms with E-state index in [9.17, 15) is 10.1 Å². The quantitative estimate of drug-likeness (QED) is 0.414. The fourth-order valence-corrected chi connectivity index (χ4v) is 0.528. The number of hydrogen-bond donors (Lipinski definition) is 2. The molecule has 0 aromatic carbocycles. The maximum Gasteiger partial charge on any atom is 0.238 e. The van der Waals surface area contributed by atoms with Gasteiger partial charge in [-0.15, -0.1) is 0 Å². The van der Waals surface area contributed by atoms with Crippen molar-refractivity contribution in [1.29, 1.82) is 0 Å². The fraction of sp³-hybridized carbons (Fsp3) is 1.00. The van der Waals surface area contributed by atoms with Crippen LogP contribution in [0.25, 0.3) is 0 Å². The summed E-state index contributed by atoms with van der Waals surface area (Å²) >= 11 is 0. The second-order valence-electron chi connectivity index (χ2n) is 2.26. The molecule has 60 valence electrons. The van der Waals surface area contributed by atoms with E-state index in [0.29, 0.717) is 0 Å². The minimum absolute atomic E-state index is 0.628. The highest BCUT2D eigenvalue weighted by Gasteiger charge is 2.27. The Morgan fingerprint density at radius 1 is 1.40 bits per heavy atom. The molecule has 3 unspecified atom stereocenters. The van der Waals surface area contributed by atoms with E-state index in [4.69, 9.17) is 10.2 Å². The van der Waals surface area contributed by atoms with Crippen molar-refractivity contribution in [3.05, 3.63) is 10.1 Å². The third-order valence-electron chi connectivity index (χ3n) is 1.32. The third-order valence-corrected chi connectivity index (χ3v) is 1.32. The monoisotopic (exact) mass is 149 g/mol. The Hall–Kier alpha value is -0.680. The molecule has 0 bridgehead atoms. The third kappa shape index (κ3) is 2.28. The molecule has 10 heavy (non-hydrogen) atoms. The molecule has 0 spiro atoms. The van der Waals surface area contributed by atoms with E-state index in [1.54, 1.807) is 0 Å².